The number of hydrogen-bond acceptors (Lipinski definition) is 3. The number of hydrogen-bond donors (Lipinski definition) is 1. The predicted molar refractivity (Wildman–Crippen MR) is 135 cm³/mol. The van der Waals surface area contributed by atoms with E-state index >= 15 is 0 Å². The van der Waals surface area contributed by atoms with E-state index in [1.165, 1.54) is 12.1 Å². The summed E-state index contributed by atoms with van der Waals surface area (Å²) in [5.74, 6) is -0.00899. The quantitative estimate of drug-likeness (QED) is 0.470. The van der Waals surface area contributed by atoms with Crippen LogP contribution in [0, 0.1) is 12.7 Å². The Morgan fingerprint density at radius 1 is 1.09 bits per heavy atom. The molecule has 2 atom stereocenters. The molecule has 0 bridgehead atoms. The van der Waals surface area contributed by atoms with Crippen molar-refractivity contribution in [2.24, 2.45) is 0 Å². The van der Waals surface area contributed by atoms with E-state index in [1.807, 2.05) is 74.2 Å². The number of benzene rings is 3. The lowest BCUT2D eigenvalue weighted by atomic mass is 9.87. The second-order valence-corrected chi connectivity index (χ2v) is 8.88. The minimum Gasteiger partial charge on any atom is -0.481 e. The van der Waals surface area contributed by atoms with E-state index in [0.717, 1.165) is 16.7 Å². The van der Waals surface area contributed by atoms with Gasteiger partial charge in [0.25, 0.3) is 5.91 Å². The molecular formula is C29H31FN2O3. The van der Waals surface area contributed by atoms with Gasteiger partial charge in [0.15, 0.2) is 6.10 Å². The largest absolute Gasteiger partial charge is 0.481 e. The van der Waals surface area contributed by atoms with Crippen LogP contribution in [0.25, 0.3) is 0 Å². The summed E-state index contributed by atoms with van der Waals surface area (Å²) >= 11 is 0. The summed E-state index contributed by atoms with van der Waals surface area (Å²) in [5.41, 5.74) is 4.53. The highest BCUT2D eigenvalue weighted by molar-refractivity contribution is 5.94. The van der Waals surface area contributed by atoms with Crippen LogP contribution in [-0.4, -0.2) is 29.4 Å². The first-order valence-electron chi connectivity index (χ1n) is 12.1. The Balaban J connectivity index is 1.62. The molecule has 0 saturated carbocycles. The number of ether oxygens (including phenoxy) is 1. The highest BCUT2D eigenvalue weighted by atomic mass is 19.1. The topological polar surface area (TPSA) is 58.6 Å². The Morgan fingerprint density at radius 3 is 2.54 bits per heavy atom. The van der Waals surface area contributed by atoms with Crippen LogP contribution in [-0.2, 0) is 16.0 Å². The Morgan fingerprint density at radius 2 is 1.86 bits per heavy atom. The SMILES string of the molecule is CCC(=O)N1CCc2ccc(OC(CC)C(=O)Nc3ccc(C)cc3)cc2C1c1cccc(F)c1. The van der Waals surface area contributed by atoms with E-state index in [4.69, 9.17) is 4.74 Å². The Kier molecular flexibility index (Phi) is 7.49. The molecule has 35 heavy (non-hydrogen) atoms. The van der Waals surface area contributed by atoms with Crippen molar-refractivity contribution in [2.45, 2.75) is 52.2 Å². The summed E-state index contributed by atoms with van der Waals surface area (Å²) < 4.78 is 20.3. The zero-order valence-electron chi connectivity index (χ0n) is 20.4. The molecule has 3 aromatic rings. The summed E-state index contributed by atoms with van der Waals surface area (Å²) in [6, 6.07) is 19.3. The maximum Gasteiger partial charge on any atom is 0.265 e. The summed E-state index contributed by atoms with van der Waals surface area (Å²) in [5, 5.41) is 2.91. The molecule has 4 rings (SSSR count). The lowest BCUT2D eigenvalue weighted by Gasteiger charge is -2.38. The standard InChI is InChI=1S/C29H31FN2O3/c1-4-26(29(34)31-23-12-9-19(3)10-13-23)35-24-14-11-20-15-16-32(27(33)5-2)28(25(20)18-24)21-7-6-8-22(30)17-21/h6-14,17-18,26,28H,4-5,15-16H2,1-3H3,(H,31,34). The number of nitrogens with zero attached hydrogens (tertiary/aromatic N) is 1. The fourth-order valence-corrected chi connectivity index (χ4v) is 4.52. The van der Waals surface area contributed by atoms with Crippen molar-refractivity contribution in [3.05, 3.63) is 94.8 Å². The third-order valence-electron chi connectivity index (χ3n) is 6.39. The number of nitrogens with one attached hydrogen (secondary N) is 1. The van der Waals surface area contributed by atoms with Crippen LogP contribution in [0.3, 0.4) is 0 Å². The molecule has 2 amide bonds. The van der Waals surface area contributed by atoms with Gasteiger partial charge in [0, 0.05) is 18.7 Å². The molecule has 5 nitrogen and oxygen atoms in total. The van der Waals surface area contributed by atoms with Gasteiger partial charge in [-0.2, -0.15) is 0 Å². The van der Waals surface area contributed by atoms with Crippen molar-refractivity contribution in [1.29, 1.82) is 0 Å². The Labute approximate surface area is 205 Å². The summed E-state index contributed by atoms with van der Waals surface area (Å²) in [4.78, 5) is 27.5. The van der Waals surface area contributed by atoms with Gasteiger partial charge < -0.3 is 15.0 Å². The molecule has 1 heterocycles. The summed E-state index contributed by atoms with van der Waals surface area (Å²) in [6.07, 6.45) is 0.883. The molecular weight excluding hydrogens is 443 g/mol. The summed E-state index contributed by atoms with van der Waals surface area (Å²) in [6.45, 7) is 6.29. The van der Waals surface area contributed by atoms with Gasteiger partial charge in [-0.15, -0.1) is 0 Å². The zero-order valence-corrected chi connectivity index (χ0v) is 20.4. The Bertz CT molecular complexity index is 1210. The van der Waals surface area contributed by atoms with Gasteiger partial charge in [-0.3, -0.25) is 9.59 Å². The molecule has 1 aliphatic rings. The second kappa shape index (κ2) is 10.7. The van der Waals surface area contributed by atoms with Crippen LogP contribution < -0.4 is 10.1 Å². The minimum atomic E-state index is -0.682. The van der Waals surface area contributed by atoms with Crippen molar-refractivity contribution >= 4 is 17.5 Å². The van der Waals surface area contributed by atoms with Crippen LogP contribution in [0.2, 0.25) is 0 Å². The van der Waals surface area contributed by atoms with Gasteiger partial charge in [0.2, 0.25) is 5.91 Å². The van der Waals surface area contributed by atoms with Crippen LogP contribution in [0.5, 0.6) is 5.75 Å². The maximum atomic E-state index is 14.1. The zero-order chi connectivity index (χ0) is 24.9. The lowest BCUT2D eigenvalue weighted by Crippen LogP contribution is -2.40. The van der Waals surface area contributed by atoms with E-state index < -0.39 is 12.1 Å². The second-order valence-electron chi connectivity index (χ2n) is 8.88. The van der Waals surface area contributed by atoms with Crippen molar-refractivity contribution in [3.8, 4) is 5.75 Å². The Hall–Kier alpha value is -3.67. The van der Waals surface area contributed by atoms with E-state index in [2.05, 4.69) is 5.32 Å². The number of fused-ring (bicyclic) bond motifs is 1. The van der Waals surface area contributed by atoms with Crippen molar-refractivity contribution in [3.63, 3.8) is 0 Å². The lowest BCUT2D eigenvalue weighted by molar-refractivity contribution is -0.133. The summed E-state index contributed by atoms with van der Waals surface area (Å²) in [7, 11) is 0. The van der Waals surface area contributed by atoms with Gasteiger partial charge in [0.1, 0.15) is 11.6 Å². The van der Waals surface area contributed by atoms with Crippen LogP contribution >= 0.6 is 0 Å². The van der Waals surface area contributed by atoms with Crippen LogP contribution in [0.15, 0.2) is 66.7 Å². The molecule has 0 spiro atoms. The normalized spacial score (nSPS) is 15.8. The first-order valence-corrected chi connectivity index (χ1v) is 12.1. The van der Waals surface area contributed by atoms with Crippen LogP contribution in [0.4, 0.5) is 10.1 Å². The van der Waals surface area contributed by atoms with E-state index in [1.54, 1.807) is 6.07 Å². The van der Waals surface area contributed by atoms with Crippen molar-refractivity contribution in [1.82, 2.24) is 4.90 Å². The van der Waals surface area contributed by atoms with Crippen molar-refractivity contribution < 1.29 is 18.7 Å². The first-order chi connectivity index (χ1) is 16.9. The number of anilines is 1. The average Bonchev–Trinajstić information content (AvgIpc) is 2.87. The number of halogens is 1. The fourth-order valence-electron chi connectivity index (χ4n) is 4.52. The van der Waals surface area contributed by atoms with Gasteiger partial charge in [-0.1, -0.05) is 49.7 Å². The molecule has 1 N–H and O–H groups in total. The number of amides is 2. The van der Waals surface area contributed by atoms with Gasteiger partial charge >= 0.3 is 0 Å². The molecule has 0 saturated heterocycles. The van der Waals surface area contributed by atoms with E-state index in [-0.39, 0.29) is 17.6 Å². The van der Waals surface area contributed by atoms with E-state index in [0.29, 0.717) is 42.8 Å². The molecule has 0 aromatic heterocycles. The smallest absolute Gasteiger partial charge is 0.265 e. The molecule has 0 fully saturated rings. The molecule has 182 valence electrons. The molecule has 0 aliphatic carbocycles. The monoisotopic (exact) mass is 474 g/mol. The third kappa shape index (κ3) is 5.53. The number of rotatable bonds is 7. The van der Waals surface area contributed by atoms with Crippen molar-refractivity contribution in [2.75, 3.05) is 11.9 Å². The molecule has 0 radical (unpaired) electrons. The van der Waals surface area contributed by atoms with Gasteiger partial charge in [-0.25, -0.2) is 4.39 Å². The number of carbonyl (C=O) groups is 2. The predicted octanol–water partition coefficient (Wildman–Crippen LogP) is 5.81. The third-order valence-corrected chi connectivity index (χ3v) is 6.39. The molecule has 2 unspecified atom stereocenters. The fraction of sp³-hybridized carbons (Fsp3) is 0.310. The highest BCUT2D eigenvalue weighted by Crippen LogP contribution is 2.38. The molecule has 1 aliphatic heterocycles. The number of aryl methyl sites for hydroxylation is 1. The number of carbonyl (C=O) groups excluding carboxylic acids is 2. The highest BCUT2D eigenvalue weighted by Gasteiger charge is 2.32. The average molecular weight is 475 g/mol. The molecule has 3 aromatic carbocycles. The van der Waals surface area contributed by atoms with Gasteiger partial charge in [-0.05, 0) is 72.9 Å². The minimum absolute atomic E-state index is 0.0140. The maximum absolute atomic E-state index is 14.1. The van der Waals surface area contributed by atoms with Gasteiger partial charge in [0.05, 0.1) is 6.04 Å². The van der Waals surface area contributed by atoms with Crippen LogP contribution in [0.1, 0.15) is 55.0 Å². The first kappa shape index (κ1) is 24.5. The van der Waals surface area contributed by atoms with E-state index in [9.17, 15) is 14.0 Å². The molecule has 6 heteroatoms.